The van der Waals surface area contributed by atoms with Crippen LogP contribution in [-0.4, -0.2) is 47.9 Å². The smallest absolute Gasteiger partial charge is 0.239 e. The number of piperidine rings is 1. The molecule has 2 rings (SSSR count). The zero-order valence-electron chi connectivity index (χ0n) is 13.9. The molecular weight excluding hydrogens is 274 g/mol. The van der Waals surface area contributed by atoms with Gasteiger partial charge in [0.05, 0.1) is 6.04 Å². The molecule has 0 saturated carbocycles. The highest BCUT2D eigenvalue weighted by Crippen LogP contribution is 2.19. The highest BCUT2D eigenvalue weighted by atomic mass is 16.2. The summed E-state index contributed by atoms with van der Waals surface area (Å²) in [7, 11) is 0. The van der Waals surface area contributed by atoms with Gasteiger partial charge in [0.1, 0.15) is 0 Å². The van der Waals surface area contributed by atoms with Crippen molar-refractivity contribution in [3.05, 3.63) is 35.9 Å². The third-order valence-corrected chi connectivity index (χ3v) is 4.43. The van der Waals surface area contributed by atoms with Gasteiger partial charge in [0.2, 0.25) is 5.91 Å². The van der Waals surface area contributed by atoms with Gasteiger partial charge < -0.3 is 10.6 Å². The highest BCUT2D eigenvalue weighted by molar-refractivity contribution is 5.81. The Morgan fingerprint density at radius 1 is 1.41 bits per heavy atom. The van der Waals surface area contributed by atoms with Gasteiger partial charge in [-0.05, 0) is 37.8 Å². The van der Waals surface area contributed by atoms with Crippen molar-refractivity contribution in [2.24, 2.45) is 11.7 Å². The van der Waals surface area contributed by atoms with Gasteiger partial charge in [-0.2, -0.15) is 0 Å². The van der Waals surface area contributed by atoms with Crippen LogP contribution < -0.4 is 5.73 Å². The Bertz CT molecular complexity index is 461. The van der Waals surface area contributed by atoms with Crippen LogP contribution >= 0.6 is 0 Å². The number of amides is 1. The normalized spacial score (nSPS) is 20.2. The average molecular weight is 303 g/mol. The number of hydrogen-bond donors (Lipinski definition) is 1. The van der Waals surface area contributed by atoms with Crippen LogP contribution in [0.5, 0.6) is 0 Å². The Balaban J connectivity index is 1.89. The van der Waals surface area contributed by atoms with E-state index < -0.39 is 0 Å². The van der Waals surface area contributed by atoms with E-state index in [-0.39, 0.29) is 11.9 Å². The lowest BCUT2D eigenvalue weighted by atomic mass is 9.96. The van der Waals surface area contributed by atoms with Gasteiger partial charge in [0, 0.05) is 26.2 Å². The molecule has 22 heavy (non-hydrogen) atoms. The Kier molecular flexibility index (Phi) is 6.40. The molecule has 4 heteroatoms. The standard InChI is InChI=1S/C18H29N3O/c1-3-20(12-16-8-5-4-6-9-16)13-17-10-7-11-21(14-17)18(22)15(2)19/h4-6,8-9,15,17H,3,7,10-14,19H2,1-2H3/t15-,17?/m0/s1. The maximum atomic E-state index is 12.1. The molecular formula is C18H29N3O. The second-order valence-electron chi connectivity index (χ2n) is 6.39. The molecule has 1 aliphatic heterocycles. The van der Waals surface area contributed by atoms with Gasteiger partial charge in [0.15, 0.2) is 0 Å². The summed E-state index contributed by atoms with van der Waals surface area (Å²) in [5.41, 5.74) is 7.09. The van der Waals surface area contributed by atoms with Crippen LogP contribution in [0.25, 0.3) is 0 Å². The van der Waals surface area contributed by atoms with Gasteiger partial charge in [-0.1, -0.05) is 37.3 Å². The van der Waals surface area contributed by atoms with E-state index in [1.165, 1.54) is 12.0 Å². The molecule has 0 aromatic heterocycles. The minimum absolute atomic E-state index is 0.0933. The van der Waals surface area contributed by atoms with Crippen molar-refractivity contribution in [2.45, 2.75) is 39.3 Å². The van der Waals surface area contributed by atoms with Crippen LogP contribution in [0, 0.1) is 5.92 Å². The van der Waals surface area contributed by atoms with Crippen LogP contribution in [-0.2, 0) is 11.3 Å². The predicted molar refractivity (Wildman–Crippen MR) is 90.3 cm³/mol. The van der Waals surface area contributed by atoms with Gasteiger partial charge in [-0.3, -0.25) is 9.69 Å². The van der Waals surface area contributed by atoms with E-state index >= 15 is 0 Å². The summed E-state index contributed by atoms with van der Waals surface area (Å²) in [5, 5.41) is 0. The minimum Gasteiger partial charge on any atom is -0.341 e. The first-order valence-electron chi connectivity index (χ1n) is 8.40. The number of carbonyl (C=O) groups is 1. The molecule has 2 N–H and O–H groups in total. The molecule has 0 spiro atoms. The van der Waals surface area contributed by atoms with Gasteiger partial charge in [-0.25, -0.2) is 0 Å². The number of carbonyl (C=O) groups excluding carboxylic acids is 1. The lowest BCUT2D eigenvalue weighted by Crippen LogP contribution is -2.48. The SMILES string of the molecule is CCN(Cc1ccccc1)CC1CCCN(C(=O)[C@H](C)N)C1. The second-order valence-corrected chi connectivity index (χ2v) is 6.39. The summed E-state index contributed by atoms with van der Waals surface area (Å²) in [6.07, 6.45) is 2.29. The third-order valence-electron chi connectivity index (χ3n) is 4.43. The van der Waals surface area contributed by atoms with E-state index in [0.717, 1.165) is 39.1 Å². The third kappa shape index (κ3) is 4.82. The summed E-state index contributed by atoms with van der Waals surface area (Å²) in [4.78, 5) is 16.5. The van der Waals surface area contributed by atoms with Crippen molar-refractivity contribution in [3.8, 4) is 0 Å². The number of benzene rings is 1. The number of nitrogens with zero attached hydrogens (tertiary/aromatic N) is 2. The fraction of sp³-hybridized carbons (Fsp3) is 0.611. The quantitative estimate of drug-likeness (QED) is 0.875. The van der Waals surface area contributed by atoms with Crippen LogP contribution in [0.2, 0.25) is 0 Å². The zero-order valence-corrected chi connectivity index (χ0v) is 13.9. The second kappa shape index (κ2) is 8.30. The molecule has 0 aliphatic carbocycles. The highest BCUT2D eigenvalue weighted by Gasteiger charge is 2.26. The fourth-order valence-corrected chi connectivity index (χ4v) is 3.21. The molecule has 1 aromatic rings. The van der Waals surface area contributed by atoms with E-state index in [4.69, 9.17) is 5.73 Å². The van der Waals surface area contributed by atoms with Crippen molar-refractivity contribution >= 4 is 5.91 Å². The predicted octanol–water partition coefficient (Wildman–Crippen LogP) is 2.09. The number of hydrogen-bond acceptors (Lipinski definition) is 3. The number of nitrogens with two attached hydrogens (primary N) is 1. The monoisotopic (exact) mass is 303 g/mol. The fourth-order valence-electron chi connectivity index (χ4n) is 3.21. The number of rotatable bonds is 6. The van der Waals surface area contributed by atoms with Gasteiger partial charge in [-0.15, -0.1) is 0 Å². The van der Waals surface area contributed by atoms with E-state index in [1.54, 1.807) is 6.92 Å². The van der Waals surface area contributed by atoms with E-state index in [9.17, 15) is 4.79 Å². The first-order chi connectivity index (χ1) is 10.6. The Hall–Kier alpha value is -1.39. The first kappa shape index (κ1) is 17.0. The summed E-state index contributed by atoms with van der Waals surface area (Å²) in [6, 6.07) is 10.2. The van der Waals surface area contributed by atoms with Crippen molar-refractivity contribution < 1.29 is 4.79 Å². The zero-order chi connectivity index (χ0) is 15.9. The lowest BCUT2D eigenvalue weighted by molar-refractivity contribution is -0.134. The van der Waals surface area contributed by atoms with Crippen molar-refractivity contribution in [1.29, 1.82) is 0 Å². The van der Waals surface area contributed by atoms with E-state index in [1.807, 2.05) is 4.90 Å². The summed E-state index contributed by atoms with van der Waals surface area (Å²) in [5.74, 6) is 0.649. The Morgan fingerprint density at radius 3 is 2.77 bits per heavy atom. The van der Waals surface area contributed by atoms with Gasteiger partial charge >= 0.3 is 0 Å². The van der Waals surface area contributed by atoms with Crippen LogP contribution in [0.4, 0.5) is 0 Å². The molecule has 1 aliphatic rings. The molecule has 1 fully saturated rings. The molecule has 4 nitrogen and oxygen atoms in total. The molecule has 1 heterocycles. The molecule has 1 amide bonds. The summed E-state index contributed by atoms with van der Waals surface area (Å²) in [6.45, 7) is 8.76. The molecule has 1 aromatic carbocycles. The summed E-state index contributed by atoms with van der Waals surface area (Å²) >= 11 is 0. The van der Waals surface area contributed by atoms with Crippen molar-refractivity contribution in [3.63, 3.8) is 0 Å². The number of likely N-dealkylation sites (tertiary alicyclic amines) is 1. The van der Waals surface area contributed by atoms with Crippen LogP contribution in [0.15, 0.2) is 30.3 Å². The lowest BCUT2D eigenvalue weighted by Gasteiger charge is -2.36. The van der Waals surface area contributed by atoms with E-state index in [2.05, 4.69) is 42.2 Å². The largest absolute Gasteiger partial charge is 0.341 e. The maximum absolute atomic E-state index is 12.1. The molecule has 0 bridgehead atoms. The molecule has 1 saturated heterocycles. The molecule has 0 radical (unpaired) electrons. The van der Waals surface area contributed by atoms with Gasteiger partial charge in [0.25, 0.3) is 0 Å². The minimum atomic E-state index is -0.384. The molecule has 1 unspecified atom stereocenters. The Labute approximate surface area is 134 Å². The summed E-state index contributed by atoms with van der Waals surface area (Å²) < 4.78 is 0. The van der Waals surface area contributed by atoms with Crippen LogP contribution in [0.1, 0.15) is 32.3 Å². The Morgan fingerprint density at radius 2 is 2.14 bits per heavy atom. The molecule has 2 atom stereocenters. The van der Waals surface area contributed by atoms with E-state index in [0.29, 0.717) is 5.92 Å². The molecule has 122 valence electrons. The topological polar surface area (TPSA) is 49.6 Å². The first-order valence-corrected chi connectivity index (χ1v) is 8.40. The van der Waals surface area contributed by atoms with Crippen molar-refractivity contribution in [2.75, 3.05) is 26.2 Å². The van der Waals surface area contributed by atoms with Crippen LogP contribution in [0.3, 0.4) is 0 Å². The average Bonchev–Trinajstić information content (AvgIpc) is 2.54. The maximum Gasteiger partial charge on any atom is 0.239 e. The van der Waals surface area contributed by atoms with Crippen molar-refractivity contribution in [1.82, 2.24) is 9.80 Å².